The third-order valence-corrected chi connectivity index (χ3v) is 10.1. The number of nitrogens with two attached hydrogens (primary N) is 3. The van der Waals surface area contributed by atoms with Gasteiger partial charge in [0.15, 0.2) is 0 Å². The lowest BCUT2D eigenvalue weighted by Crippen LogP contribution is -2.60. The Bertz CT molecular complexity index is 1300. The number of nitrogens with zero attached hydrogens (tertiary/aromatic N) is 1. The van der Waals surface area contributed by atoms with Crippen molar-refractivity contribution in [3.8, 4) is 0 Å². The number of amides is 7. The first-order valence-electron chi connectivity index (χ1n) is 18.7. The first-order chi connectivity index (χ1) is 25.4. The number of hydrogen-bond donors (Lipinski definition) is 9. The summed E-state index contributed by atoms with van der Waals surface area (Å²) in [7, 11) is 0. The van der Waals surface area contributed by atoms with Gasteiger partial charge in [0.2, 0.25) is 41.4 Å². The van der Waals surface area contributed by atoms with E-state index in [-0.39, 0.29) is 31.7 Å². The van der Waals surface area contributed by atoms with Gasteiger partial charge in [-0.15, -0.1) is 0 Å². The van der Waals surface area contributed by atoms with E-state index in [9.17, 15) is 43.5 Å². The van der Waals surface area contributed by atoms with Crippen LogP contribution in [0.1, 0.15) is 92.4 Å². The van der Waals surface area contributed by atoms with Gasteiger partial charge in [-0.25, -0.2) is 4.79 Å². The van der Waals surface area contributed by atoms with Crippen molar-refractivity contribution < 1.29 is 43.5 Å². The molecule has 0 unspecified atom stereocenters. The fourth-order valence-electron chi connectivity index (χ4n) is 5.83. The summed E-state index contributed by atoms with van der Waals surface area (Å²) in [6, 6.07) is -7.56. The average molecular weight is 786 g/mol. The molecule has 7 amide bonds. The Balaban J connectivity index is 3.08. The summed E-state index contributed by atoms with van der Waals surface area (Å²) in [5.74, 6) is -5.83. The standard InChI is InChI=1S/C35H63N9O9S/c1-7-20(4)28(43-32(49)25-12-10-17-44(25)34(51)27(19(2)3)42-30(47)22(37)15-18-54-6)33(50)39-21(5)29(46)40-23(13-14-26(38)45)31(48)41-24(35(52)53)11-8-9-16-36/h19-25,27-28H,7-18,36-37H2,1-6H3,(H2,38,45)(H,39,50)(H,40,46)(H,41,48)(H,42,47)(H,43,49)(H,52,53)/t20-,21-,22-,23-,24-,25-,27-,28-/m0/s1. The van der Waals surface area contributed by atoms with Gasteiger partial charge in [-0.3, -0.25) is 33.6 Å². The molecule has 0 saturated carbocycles. The Morgan fingerprint density at radius 1 is 0.815 bits per heavy atom. The summed E-state index contributed by atoms with van der Waals surface area (Å²) >= 11 is 1.55. The molecule has 0 bridgehead atoms. The van der Waals surface area contributed by atoms with E-state index in [1.54, 1.807) is 32.5 Å². The number of rotatable bonds is 25. The highest BCUT2D eigenvalue weighted by atomic mass is 32.2. The van der Waals surface area contributed by atoms with Crippen LogP contribution in [0.4, 0.5) is 0 Å². The number of unbranched alkanes of at least 4 members (excludes halogenated alkanes) is 1. The zero-order valence-corrected chi connectivity index (χ0v) is 33.3. The Kier molecular flexibility index (Phi) is 21.7. The number of likely N-dealkylation sites (tertiary alicyclic amines) is 1. The summed E-state index contributed by atoms with van der Waals surface area (Å²) in [5.41, 5.74) is 16.8. The van der Waals surface area contributed by atoms with Crippen LogP contribution in [0.5, 0.6) is 0 Å². The molecule has 0 aromatic heterocycles. The van der Waals surface area contributed by atoms with Crippen molar-refractivity contribution in [2.45, 2.75) is 135 Å². The molecule has 19 heteroatoms. The van der Waals surface area contributed by atoms with E-state index in [2.05, 4.69) is 26.6 Å². The van der Waals surface area contributed by atoms with Gasteiger partial charge in [-0.05, 0) is 82.3 Å². The number of primary amides is 1. The van der Waals surface area contributed by atoms with Gasteiger partial charge < -0.3 is 53.8 Å². The zero-order chi connectivity index (χ0) is 41.1. The maximum atomic E-state index is 13.8. The molecule has 8 atom stereocenters. The second-order valence-corrected chi connectivity index (χ2v) is 15.1. The SMILES string of the molecule is CC[C@H](C)[C@H](NC(=O)[C@@H]1CCCN1C(=O)[C@@H](NC(=O)[C@@H](N)CCSC)C(C)C)C(=O)N[C@@H](C)C(=O)N[C@@H](CCC(N)=O)C(=O)N[C@@H](CCCCN)C(=O)O. The topological polar surface area (TPSA) is 298 Å². The van der Waals surface area contributed by atoms with Crippen LogP contribution in [-0.4, -0.2) is 125 Å². The van der Waals surface area contributed by atoms with Crippen molar-refractivity contribution in [1.29, 1.82) is 0 Å². The fraction of sp³-hybridized carbons (Fsp3) is 0.771. The first-order valence-corrected chi connectivity index (χ1v) is 20.1. The minimum atomic E-state index is -1.35. The molecule has 1 heterocycles. The summed E-state index contributed by atoms with van der Waals surface area (Å²) in [6.07, 6.45) is 4.23. The molecule has 18 nitrogen and oxygen atoms in total. The van der Waals surface area contributed by atoms with Crippen molar-refractivity contribution in [2.75, 3.05) is 25.1 Å². The Morgan fingerprint density at radius 3 is 2.02 bits per heavy atom. The molecule has 0 spiro atoms. The van der Waals surface area contributed by atoms with Crippen molar-refractivity contribution in [3.63, 3.8) is 0 Å². The van der Waals surface area contributed by atoms with E-state index in [1.165, 1.54) is 11.8 Å². The highest BCUT2D eigenvalue weighted by Gasteiger charge is 2.41. The predicted molar refractivity (Wildman–Crippen MR) is 204 cm³/mol. The lowest BCUT2D eigenvalue weighted by molar-refractivity contribution is -0.143. The third kappa shape index (κ3) is 15.8. The van der Waals surface area contributed by atoms with E-state index in [4.69, 9.17) is 17.2 Å². The highest BCUT2D eigenvalue weighted by molar-refractivity contribution is 7.98. The van der Waals surface area contributed by atoms with E-state index >= 15 is 0 Å². The van der Waals surface area contributed by atoms with Gasteiger partial charge in [0.25, 0.3) is 0 Å². The molecular formula is C35H63N9O9S. The minimum absolute atomic E-state index is 0.0960. The largest absolute Gasteiger partial charge is 0.480 e. The predicted octanol–water partition coefficient (Wildman–Crippen LogP) is -1.32. The molecule has 0 aromatic rings. The molecule has 308 valence electrons. The molecule has 1 aliphatic heterocycles. The summed E-state index contributed by atoms with van der Waals surface area (Å²) in [5, 5.41) is 22.5. The second kappa shape index (κ2) is 24.4. The van der Waals surface area contributed by atoms with E-state index in [0.717, 1.165) is 0 Å². The van der Waals surface area contributed by atoms with E-state index < -0.39 is 95.5 Å². The van der Waals surface area contributed by atoms with Gasteiger partial charge in [0.1, 0.15) is 36.3 Å². The van der Waals surface area contributed by atoms with Crippen LogP contribution in [0.15, 0.2) is 0 Å². The molecule has 1 saturated heterocycles. The van der Waals surface area contributed by atoms with Crippen LogP contribution in [0.3, 0.4) is 0 Å². The van der Waals surface area contributed by atoms with E-state index in [1.807, 2.05) is 13.2 Å². The second-order valence-electron chi connectivity index (χ2n) is 14.2. The molecule has 0 aliphatic carbocycles. The van der Waals surface area contributed by atoms with Crippen molar-refractivity contribution in [2.24, 2.45) is 29.0 Å². The summed E-state index contributed by atoms with van der Waals surface area (Å²) < 4.78 is 0. The van der Waals surface area contributed by atoms with Gasteiger partial charge in [-0.2, -0.15) is 11.8 Å². The number of carboxylic acids is 1. The number of nitrogens with one attached hydrogen (secondary N) is 5. The van der Waals surface area contributed by atoms with Gasteiger partial charge in [0.05, 0.1) is 6.04 Å². The quantitative estimate of drug-likeness (QED) is 0.0488. The summed E-state index contributed by atoms with van der Waals surface area (Å²) in [6.45, 7) is 9.11. The monoisotopic (exact) mass is 785 g/mol. The van der Waals surface area contributed by atoms with Crippen LogP contribution in [0.2, 0.25) is 0 Å². The number of thioether (sulfide) groups is 1. The maximum Gasteiger partial charge on any atom is 0.326 e. The first kappa shape index (κ1) is 48.0. The molecule has 0 aromatic carbocycles. The molecule has 54 heavy (non-hydrogen) atoms. The van der Waals surface area contributed by atoms with Gasteiger partial charge in [0, 0.05) is 13.0 Å². The highest BCUT2D eigenvalue weighted by Crippen LogP contribution is 2.22. The fourth-order valence-corrected chi connectivity index (χ4v) is 6.32. The number of carbonyl (C=O) groups is 8. The van der Waals surface area contributed by atoms with Crippen molar-refractivity contribution >= 4 is 59.1 Å². The normalized spacial score (nSPS) is 17.9. The minimum Gasteiger partial charge on any atom is -0.480 e. The summed E-state index contributed by atoms with van der Waals surface area (Å²) in [4.78, 5) is 105. The van der Waals surface area contributed by atoms with Crippen LogP contribution in [-0.2, 0) is 38.4 Å². The van der Waals surface area contributed by atoms with Crippen LogP contribution in [0, 0.1) is 11.8 Å². The van der Waals surface area contributed by atoms with E-state index in [0.29, 0.717) is 50.8 Å². The molecular weight excluding hydrogens is 723 g/mol. The number of carboxylic acid groups (broad SMARTS) is 1. The van der Waals surface area contributed by atoms with Crippen molar-refractivity contribution in [3.05, 3.63) is 0 Å². The molecule has 1 rings (SSSR count). The Morgan fingerprint density at radius 2 is 1.46 bits per heavy atom. The molecule has 1 fully saturated rings. The maximum absolute atomic E-state index is 13.8. The van der Waals surface area contributed by atoms with Crippen LogP contribution >= 0.6 is 11.8 Å². The third-order valence-electron chi connectivity index (χ3n) is 9.46. The lowest BCUT2D eigenvalue weighted by Gasteiger charge is -2.32. The number of aliphatic carboxylic acids is 1. The Hall–Kier alpha value is -3.97. The van der Waals surface area contributed by atoms with Crippen molar-refractivity contribution in [1.82, 2.24) is 31.5 Å². The molecule has 0 radical (unpaired) electrons. The molecule has 12 N–H and O–H groups in total. The zero-order valence-electron chi connectivity index (χ0n) is 32.5. The van der Waals surface area contributed by atoms with Gasteiger partial charge in [-0.1, -0.05) is 34.1 Å². The number of carbonyl (C=O) groups excluding carboxylic acids is 7. The van der Waals surface area contributed by atoms with Crippen LogP contribution in [0.25, 0.3) is 0 Å². The van der Waals surface area contributed by atoms with Gasteiger partial charge >= 0.3 is 5.97 Å². The van der Waals surface area contributed by atoms with Crippen LogP contribution < -0.4 is 43.8 Å². The smallest absolute Gasteiger partial charge is 0.326 e. The average Bonchev–Trinajstić information content (AvgIpc) is 3.62. The molecule has 1 aliphatic rings. The Labute approximate surface area is 322 Å². The number of hydrogen-bond acceptors (Lipinski definition) is 11. The lowest BCUT2D eigenvalue weighted by atomic mass is 9.97.